The molecule has 22 heavy (non-hydrogen) atoms. The van der Waals surface area contributed by atoms with Crippen LogP contribution in [-0.2, 0) is 11.8 Å². The number of urea groups is 1. The smallest absolute Gasteiger partial charge is 0.318 e. The number of amides is 3. The van der Waals surface area contributed by atoms with Gasteiger partial charge in [-0.3, -0.25) is 10.1 Å². The second-order valence-electron chi connectivity index (χ2n) is 4.98. The van der Waals surface area contributed by atoms with Crippen LogP contribution in [-0.4, -0.2) is 32.0 Å². The number of nitrogens with one attached hydrogen (secondary N) is 1. The summed E-state index contributed by atoms with van der Waals surface area (Å²) in [7, 11) is 1.78. The summed E-state index contributed by atoms with van der Waals surface area (Å²) in [5.74, 6) is 0.679. The Morgan fingerprint density at radius 1 is 1.41 bits per heavy atom. The Bertz CT molecular complexity index is 665. The van der Waals surface area contributed by atoms with Crippen LogP contribution in [0.15, 0.2) is 28.0 Å². The third kappa shape index (κ3) is 3.48. The minimum atomic E-state index is -0.870. The van der Waals surface area contributed by atoms with Gasteiger partial charge in [0.1, 0.15) is 0 Å². The standard InChI is InChI=1S/C13H17N5O3S/c1-7(2)9(11(19)15-12(14)20)22-13-17-16-10(18(13)3)8-5-4-6-21-8/h4-7,9H,1-3H3,(H3,14,15,19,20)/t9-/m1/s1. The number of primary amides is 1. The van der Waals surface area contributed by atoms with E-state index in [0.29, 0.717) is 16.7 Å². The number of hydrogen-bond acceptors (Lipinski definition) is 6. The highest BCUT2D eigenvalue weighted by atomic mass is 32.2. The van der Waals surface area contributed by atoms with E-state index in [9.17, 15) is 9.59 Å². The predicted molar refractivity (Wildman–Crippen MR) is 80.9 cm³/mol. The number of carbonyl (C=O) groups is 2. The number of rotatable bonds is 5. The molecule has 0 aliphatic rings. The van der Waals surface area contributed by atoms with Crippen molar-refractivity contribution in [1.29, 1.82) is 0 Å². The van der Waals surface area contributed by atoms with Gasteiger partial charge in [0.2, 0.25) is 5.91 Å². The second kappa shape index (κ2) is 6.65. The van der Waals surface area contributed by atoms with Crippen molar-refractivity contribution in [3.8, 4) is 11.6 Å². The lowest BCUT2D eigenvalue weighted by Gasteiger charge is -2.17. The molecule has 0 bridgehead atoms. The fourth-order valence-corrected chi connectivity index (χ4v) is 2.83. The van der Waals surface area contributed by atoms with Crippen molar-refractivity contribution < 1.29 is 14.0 Å². The van der Waals surface area contributed by atoms with Crippen molar-refractivity contribution in [3.05, 3.63) is 18.4 Å². The summed E-state index contributed by atoms with van der Waals surface area (Å²) in [6.07, 6.45) is 1.55. The molecule has 0 spiro atoms. The minimum absolute atomic E-state index is 0.0203. The first-order chi connectivity index (χ1) is 10.4. The predicted octanol–water partition coefficient (Wildman–Crippen LogP) is 1.39. The van der Waals surface area contributed by atoms with Gasteiger partial charge in [0, 0.05) is 7.05 Å². The maximum atomic E-state index is 12.0. The van der Waals surface area contributed by atoms with Gasteiger partial charge in [-0.1, -0.05) is 25.6 Å². The van der Waals surface area contributed by atoms with Gasteiger partial charge in [-0.2, -0.15) is 0 Å². The molecule has 8 nitrogen and oxygen atoms in total. The van der Waals surface area contributed by atoms with Crippen molar-refractivity contribution in [3.63, 3.8) is 0 Å². The summed E-state index contributed by atoms with van der Waals surface area (Å²) >= 11 is 1.22. The van der Waals surface area contributed by atoms with Crippen molar-refractivity contribution in [2.75, 3.05) is 0 Å². The Balaban J connectivity index is 2.21. The molecular formula is C13H17N5O3S. The van der Waals surface area contributed by atoms with Gasteiger partial charge in [-0.25, -0.2) is 4.79 Å². The Labute approximate surface area is 131 Å². The topological polar surface area (TPSA) is 116 Å². The fourth-order valence-electron chi connectivity index (χ4n) is 1.84. The molecule has 0 aromatic carbocycles. The van der Waals surface area contributed by atoms with Crippen molar-refractivity contribution in [2.45, 2.75) is 24.3 Å². The van der Waals surface area contributed by atoms with Crippen LogP contribution in [0.25, 0.3) is 11.6 Å². The summed E-state index contributed by atoms with van der Waals surface area (Å²) < 4.78 is 7.03. The Morgan fingerprint density at radius 3 is 2.68 bits per heavy atom. The van der Waals surface area contributed by atoms with E-state index in [-0.39, 0.29) is 5.92 Å². The van der Waals surface area contributed by atoms with Crippen LogP contribution in [0.4, 0.5) is 4.79 Å². The molecule has 0 aliphatic carbocycles. The minimum Gasteiger partial charge on any atom is -0.461 e. The van der Waals surface area contributed by atoms with Gasteiger partial charge >= 0.3 is 6.03 Å². The molecule has 3 N–H and O–H groups in total. The van der Waals surface area contributed by atoms with E-state index in [0.717, 1.165) is 0 Å². The van der Waals surface area contributed by atoms with Crippen molar-refractivity contribution >= 4 is 23.7 Å². The highest BCUT2D eigenvalue weighted by molar-refractivity contribution is 8.00. The average molecular weight is 323 g/mol. The van der Waals surface area contributed by atoms with Crippen LogP contribution in [0.5, 0.6) is 0 Å². The zero-order valence-electron chi connectivity index (χ0n) is 12.4. The maximum Gasteiger partial charge on any atom is 0.318 e. The summed E-state index contributed by atoms with van der Waals surface area (Å²) in [6.45, 7) is 3.75. The molecular weight excluding hydrogens is 306 g/mol. The zero-order chi connectivity index (χ0) is 16.3. The van der Waals surface area contributed by atoms with Crippen LogP contribution in [0.2, 0.25) is 0 Å². The number of thioether (sulfide) groups is 1. The number of carbonyl (C=O) groups excluding carboxylic acids is 2. The fraction of sp³-hybridized carbons (Fsp3) is 0.385. The molecule has 2 heterocycles. The number of furan rings is 1. The van der Waals surface area contributed by atoms with Gasteiger partial charge in [-0.15, -0.1) is 10.2 Å². The molecule has 0 fully saturated rings. The van der Waals surface area contributed by atoms with E-state index >= 15 is 0 Å². The van der Waals surface area contributed by atoms with E-state index in [1.807, 2.05) is 13.8 Å². The summed E-state index contributed by atoms with van der Waals surface area (Å²) in [5, 5.41) is 10.3. The lowest BCUT2D eigenvalue weighted by molar-refractivity contribution is -0.120. The third-order valence-corrected chi connectivity index (χ3v) is 4.50. The number of nitrogens with two attached hydrogens (primary N) is 1. The molecule has 0 saturated heterocycles. The van der Waals surface area contributed by atoms with Crippen molar-refractivity contribution in [1.82, 2.24) is 20.1 Å². The van der Waals surface area contributed by atoms with E-state index in [4.69, 9.17) is 10.2 Å². The zero-order valence-corrected chi connectivity index (χ0v) is 13.3. The molecule has 0 unspecified atom stereocenters. The molecule has 1 atom stereocenters. The van der Waals surface area contributed by atoms with Gasteiger partial charge in [0.05, 0.1) is 11.5 Å². The monoisotopic (exact) mass is 323 g/mol. The maximum absolute atomic E-state index is 12.0. The van der Waals surface area contributed by atoms with Gasteiger partial charge in [0.25, 0.3) is 0 Å². The Morgan fingerprint density at radius 2 is 2.14 bits per heavy atom. The molecule has 0 radical (unpaired) electrons. The van der Waals surface area contributed by atoms with Gasteiger partial charge in [0.15, 0.2) is 16.7 Å². The molecule has 3 amide bonds. The third-order valence-electron chi connectivity index (χ3n) is 2.92. The van der Waals surface area contributed by atoms with Crippen LogP contribution in [0, 0.1) is 5.92 Å². The number of hydrogen-bond donors (Lipinski definition) is 2. The molecule has 118 valence electrons. The van der Waals surface area contributed by atoms with Crippen LogP contribution in [0.3, 0.4) is 0 Å². The van der Waals surface area contributed by atoms with E-state index in [1.54, 1.807) is 30.0 Å². The first-order valence-corrected chi connectivity index (χ1v) is 7.48. The second-order valence-corrected chi connectivity index (χ2v) is 6.09. The quantitative estimate of drug-likeness (QED) is 0.803. The molecule has 2 aromatic heterocycles. The van der Waals surface area contributed by atoms with E-state index < -0.39 is 17.2 Å². The number of aromatic nitrogens is 3. The van der Waals surface area contributed by atoms with Gasteiger partial charge < -0.3 is 14.7 Å². The molecule has 0 saturated carbocycles. The van der Waals surface area contributed by atoms with Crippen molar-refractivity contribution in [2.24, 2.45) is 18.7 Å². The first kappa shape index (κ1) is 16.1. The first-order valence-electron chi connectivity index (χ1n) is 6.60. The van der Waals surface area contributed by atoms with E-state index in [1.165, 1.54) is 11.8 Å². The Kier molecular flexibility index (Phi) is 4.86. The average Bonchev–Trinajstić information content (AvgIpc) is 3.04. The number of nitrogens with zero attached hydrogens (tertiary/aromatic N) is 3. The molecule has 0 aliphatic heterocycles. The lowest BCUT2D eigenvalue weighted by atomic mass is 10.1. The highest BCUT2D eigenvalue weighted by Gasteiger charge is 2.27. The highest BCUT2D eigenvalue weighted by Crippen LogP contribution is 2.29. The summed E-state index contributed by atoms with van der Waals surface area (Å²) in [5.41, 5.74) is 5.00. The van der Waals surface area contributed by atoms with E-state index in [2.05, 4.69) is 15.5 Å². The SMILES string of the molecule is CC(C)[C@@H](Sc1nnc(-c2ccco2)n1C)C(=O)NC(N)=O. The number of imide groups is 1. The normalized spacial score (nSPS) is 12.4. The van der Waals surface area contributed by atoms with Gasteiger partial charge in [-0.05, 0) is 18.1 Å². The van der Waals surface area contributed by atoms with Crippen LogP contribution < -0.4 is 11.1 Å². The summed E-state index contributed by atoms with van der Waals surface area (Å²) in [6, 6.07) is 2.66. The summed E-state index contributed by atoms with van der Waals surface area (Å²) in [4.78, 5) is 22.9. The lowest BCUT2D eigenvalue weighted by Crippen LogP contribution is -2.42. The molecule has 2 aromatic rings. The molecule has 9 heteroatoms. The van der Waals surface area contributed by atoms with Crippen LogP contribution in [0.1, 0.15) is 13.8 Å². The largest absolute Gasteiger partial charge is 0.461 e. The molecule has 2 rings (SSSR count). The van der Waals surface area contributed by atoms with Crippen LogP contribution >= 0.6 is 11.8 Å². The Hall–Kier alpha value is -2.29.